The van der Waals surface area contributed by atoms with Crippen LogP contribution in [0, 0.1) is 0 Å². The van der Waals surface area contributed by atoms with Gasteiger partial charge in [-0.2, -0.15) is 5.10 Å². The molecule has 4 aromatic rings. The Morgan fingerprint density at radius 2 is 1.76 bits per heavy atom. The molecule has 2 heterocycles. The van der Waals surface area contributed by atoms with E-state index in [1.807, 2.05) is 37.3 Å². The molecule has 2 aromatic heterocycles. The zero-order valence-corrected chi connectivity index (χ0v) is 18.4. The number of fused-ring (bicyclic) bond motifs is 1. The number of carbonyl (C=O) groups excluding carboxylic acids is 1. The molecule has 8 nitrogen and oxygen atoms in total. The molecular formula is C25H24N4O4. The van der Waals surface area contributed by atoms with Crippen molar-refractivity contribution in [2.75, 3.05) is 7.11 Å². The van der Waals surface area contributed by atoms with Crippen LogP contribution in [0.5, 0.6) is 11.5 Å². The molecule has 0 unspecified atom stereocenters. The average Bonchev–Trinajstić information content (AvgIpc) is 2.87. The van der Waals surface area contributed by atoms with Crippen LogP contribution in [0.2, 0.25) is 0 Å². The van der Waals surface area contributed by atoms with E-state index in [0.717, 1.165) is 11.1 Å². The highest BCUT2D eigenvalue weighted by Crippen LogP contribution is 2.29. The number of rotatable bonds is 8. The SMILES string of the molecule is CCn1nc(C(=O)NCc2ccc(OCc3ccncc3)c(OC)c2)c2ccccc2c1=O. The fraction of sp³-hybridized carbons (Fsp3) is 0.200. The second kappa shape index (κ2) is 9.95. The Bertz CT molecular complexity index is 1340. The van der Waals surface area contributed by atoms with Gasteiger partial charge in [0, 0.05) is 30.9 Å². The van der Waals surface area contributed by atoms with Crippen molar-refractivity contribution in [1.29, 1.82) is 0 Å². The van der Waals surface area contributed by atoms with Crippen LogP contribution < -0.4 is 20.3 Å². The Morgan fingerprint density at radius 1 is 1.00 bits per heavy atom. The summed E-state index contributed by atoms with van der Waals surface area (Å²) in [5.74, 6) is 0.816. The Kier molecular flexibility index (Phi) is 6.64. The summed E-state index contributed by atoms with van der Waals surface area (Å²) < 4.78 is 12.6. The lowest BCUT2D eigenvalue weighted by Gasteiger charge is -2.13. The van der Waals surface area contributed by atoms with Crippen LogP contribution in [0.15, 0.2) is 71.8 Å². The Balaban J connectivity index is 1.49. The fourth-order valence-corrected chi connectivity index (χ4v) is 3.46. The van der Waals surface area contributed by atoms with E-state index in [2.05, 4.69) is 15.4 Å². The number of methoxy groups -OCH3 is 1. The summed E-state index contributed by atoms with van der Waals surface area (Å²) in [4.78, 5) is 29.4. The van der Waals surface area contributed by atoms with Crippen molar-refractivity contribution >= 4 is 16.7 Å². The lowest BCUT2D eigenvalue weighted by Crippen LogP contribution is -2.30. The minimum absolute atomic E-state index is 0.211. The van der Waals surface area contributed by atoms with E-state index < -0.39 is 0 Å². The largest absolute Gasteiger partial charge is 0.493 e. The minimum atomic E-state index is -0.356. The average molecular weight is 444 g/mol. The van der Waals surface area contributed by atoms with Crippen LogP contribution >= 0.6 is 0 Å². The van der Waals surface area contributed by atoms with Crippen molar-refractivity contribution in [3.05, 3.63) is 94.2 Å². The van der Waals surface area contributed by atoms with Gasteiger partial charge in [-0.25, -0.2) is 4.68 Å². The lowest BCUT2D eigenvalue weighted by molar-refractivity contribution is 0.0945. The summed E-state index contributed by atoms with van der Waals surface area (Å²) in [5, 5.41) is 8.16. The molecule has 8 heteroatoms. The van der Waals surface area contributed by atoms with Gasteiger partial charge in [0.1, 0.15) is 6.61 Å². The third kappa shape index (κ3) is 4.85. The molecule has 0 saturated carbocycles. The highest BCUT2D eigenvalue weighted by molar-refractivity contribution is 6.04. The van der Waals surface area contributed by atoms with Crippen LogP contribution in [0.3, 0.4) is 0 Å². The van der Waals surface area contributed by atoms with Gasteiger partial charge in [0.2, 0.25) is 0 Å². The van der Waals surface area contributed by atoms with Gasteiger partial charge in [0.15, 0.2) is 17.2 Å². The lowest BCUT2D eigenvalue weighted by atomic mass is 10.1. The van der Waals surface area contributed by atoms with Crippen LogP contribution in [0.25, 0.3) is 10.8 Å². The van der Waals surface area contributed by atoms with Crippen LogP contribution in [0.4, 0.5) is 0 Å². The summed E-state index contributed by atoms with van der Waals surface area (Å²) in [6, 6.07) is 16.3. The van der Waals surface area contributed by atoms with Gasteiger partial charge < -0.3 is 14.8 Å². The quantitative estimate of drug-likeness (QED) is 0.448. The number of aryl methyl sites for hydroxylation is 1. The molecule has 33 heavy (non-hydrogen) atoms. The molecule has 0 bridgehead atoms. The molecule has 0 fully saturated rings. The standard InChI is InChI=1S/C25H24N4O4/c1-3-29-25(31)20-7-5-4-6-19(20)23(28-29)24(30)27-15-18-8-9-21(22(14-18)32-2)33-16-17-10-12-26-13-11-17/h4-14H,3,15-16H2,1-2H3,(H,27,30). The fourth-order valence-electron chi connectivity index (χ4n) is 3.46. The molecule has 0 spiro atoms. The highest BCUT2D eigenvalue weighted by atomic mass is 16.5. The van der Waals surface area contributed by atoms with Crippen LogP contribution in [-0.4, -0.2) is 27.8 Å². The number of pyridine rings is 1. The van der Waals surface area contributed by atoms with E-state index in [0.29, 0.717) is 35.4 Å². The Labute approximate surface area is 190 Å². The first-order chi connectivity index (χ1) is 16.1. The number of hydrogen-bond acceptors (Lipinski definition) is 6. The topological polar surface area (TPSA) is 95.3 Å². The maximum Gasteiger partial charge on any atom is 0.274 e. The van der Waals surface area contributed by atoms with E-state index >= 15 is 0 Å². The van der Waals surface area contributed by atoms with E-state index in [1.54, 1.807) is 43.8 Å². The molecule has 0 aliphatic rings. The van der Waals surface area contributed by atoms with Crippen molar-refractivity contribution in [3.63, 3.8) is 0 Å². The van der Waals surface area contributed by atoms with Crippen molar-refractivity contribution in [3.8, 4) is 11.5 Å². The predicted octanol–water partition coefficient (Wildman–Crippen LogP) is 3.33. The van der Waals surface area contributed by atoms with Gasteiger partial charge in [-0.05, 0) is 48.4 Å². The number of benzene rings is 2. The summed E-state index contributed by atoms with van der Waals surface area (Å²) in [6.45, 7) is 2.85. The van der Waals surface area contributed by atoms with E-state index in [4.69, 9.17) is 9.47 Å². The number of nitrogens with zero attached hydrogens (tertiary/aromatic N) is 3. The van der Waals surface area contributed by atoms with Crippen LogP contribution in [0.1, 0.15) is 28.5 Å². The number of aromatic nitrogens is 3. The second-order valence-electron chi connectivity index (χ2n) is 7.33. The summed E-state index contributed by atoms with van der Waals surface area (Å²) in [5.41, 5.74) is 1.84. The van der Waals surface area contributed by atoms with Crippen LogP contribution in [-0.2, 0) is 19.7 Å². The first kappa shape index (κ1) is 22.0. The maximum atomic E-state index is 12.9. The molecule has 0 radical (unpaired) electrons. The molecule has 1 amide bonds. The molecule has 0 atom stereocenters. The number of nitrogens with one attached hydrogen (secondary N) is 1. The Morgan fingerprint density at radius 3 is 2.48 bits per heavy atom. The van der Waals surface area contributed by atoms with Gasteiger partial charge in [-0.1, -0.05) is 24.3 Å². The molecule has 0 aliphatic heterocycles. The molecule has 2 aromatic carbocycles. The van der Waals surface area contributed by atoms with E-state index in [-0.39, 0.29) is 23.7 Å². The third-order valence-corrected chi connectivity index (χ3v) is 5.21. The first-order valence-electron chi connectivity index (χ1n) is 10.6. The zero-order valence-electron chi connectivity index (χ0n) is 18.4. The monoisotopic (exact) mass is 444 g/mol. The molecule has 0 aliphatic carbocycles. The number of ether oxygens (including phenoxy) is 2. The Hall–Kier alpha value is -4.20. The van der Waals surface area contributed by atoms with Gasteiger partial charge in [-0.15, -0.1) is 0 Å². The smallest absolute Gasteiger partial charge is 0.274 e. The maximum absolute atomic E-state index is 12.9. The number of amides is 1. The van der Waals surface area contributed by atoms with E-state index in [9.17, 15) is 9.59 Å². The predicted molar refractivity (Wildman–Crippen MR) is 124 cm³/mol. The zero-order chi connectivity index (χ0) is 23.2. The highest BCUT2D eigenvalue weighted by Gasteiger charge is 2.16. The van der Waals surface area contributed by atoms with Gasteiger partial charge in [-0.3, -0.25) is 14.6 Å². The van der Waals surface area contributed by atoms with Gasteiger partial charge in [0.25, 0.3) is 11.5 Å². The molecular weight excluding hydrogens is 420 g/mol. The summed E-state index contributed by atoms with van der Waals surface area (Å²) >= 11 is 0. The normalized spacial score (nSPS) is 10.7. The third-order valence-electron chi connectivity index (χ3n) is 5.21. The second-order valence-corrected chi connectivity index (χ2v) is 7.33. The molecule has 0 saturated heterocycles. The molecule has 1 N–H and O–H groups in total. The number of carbonyl (C=O) groups is 1. The summed E-state index contributed by atoms with van der Waals surface area (Å²) in [7, 11) is 1.57. The van der Waals surface area contributed by atoms with Crippen molar-refractivity contribution in [2.24, 2.45) is 0 Å². The number of hydrogen-bond donors (Lipinski definition) is 1. The van der Waals surface area contributed by atoms with Crippen molar-refractivity contribution in [1.82, 2.24) is 20.1 Å². The molecule has 4 rings (SSSR count). The van der Waals surface area contributed by atoms with Gasteiger partial charge >= 0.3 is 0 Å². The summed E-state index contributed by atoms with van der Waals surface area (Å²) in [6.07, 6.45) is 3.43. The van der Waals surface area contributed by atoms with Crippen molar-refractivity contribution in [2.45, 2.75) is 26.6 Å². The minimum Gasteiger partial charge on any atom is -0.493 e. The van der Waals surface area contributed by atoms with E-state index in [1.165, 1.54) is 4.68 Å². The molecule has 168 valence electrons. The van der Waals surface area contributed by atoms with Crippen molar-refractivity contribution < 1.29 is 14.3 Å². The van der Waals surface area contributed by atoms with Gasteiger partial charge in [0.05, 0.1) is 12.5 Å². The first-order valence-corrected chi connectivity index (χ1v) is 10.6.